The fraction of sp³-hybridized carbons (Fsp3) is 0.462. The molecular formula is C13H19N3. The lowest BCUT2D eigenvalue weighted by molar-refractivity contribution is 0.234. The zero-order valence-electron chi connectivity index (χ0n) is 9.93. The number of rotatable bonds is 5. The minimum Gasteiger partial charge on any atom is -0.329 e. The summed E-state index contributed by atoms with van der Waals surface area (Å²) >= 11 is 0. The molecule has 2 N–H and O–H groups in total. The fourth-order valence-corrected chi connectivity index (χ4v) is 1.85. The van der Waals surface area contributed by atoms with Crippen molar-refractivity contribution in [3.05, 3.63) is 35.9 Å². The van der Waals surface area contributed by atoms with Crippen LogP contribution in [0.3, 0.4) is 0 Å². The van der Waals surface area contributed by atoms with Crippen LogP contribution in [0.1, 0.15) is 18.5 Å². The van der Waals surface area contributed by atoms with Crippen LogP contribution in [0.15, 0.2) is 30.3 Å². The van der Waals surface area contributed by atoms with E-state index in [1.807, 2.05) is 32.2 Å². The van der Waals surface area contributed by atoms with Crippen molar-refractivity contribution in [2.24, 2.45) is 11.7 Å². The Morgan fingerprint density at radius 2 is 2.00 bits per heavy atom. The molecule has 0 spiro atoms. The van der Waals surface area contributed by atoms with Gasteiger partial charge in [0, 0.05) is 19.1 Å². The van der Waals surface area contributed by atoms with Crippen molar-refractivity contribution in [1.82, 2.24) is 4.90 Å². The SMILES string of the molecule is CC(C#N)CN(C)C(CN)c1ccccc1. The predicted molar refractivity (Wildman–Crippen MR) is 65.6 cm³/mol. The van der Waals surface area contributed by atoms with E-state index in [1.54, 1.807) is 0 Å². The van der Waals surface area contributed by atoms with Crippen LogP contribution in [0.5, 0.6) is 0 Å². The van der Waals surface area contributed by atoms with Crippen LogP contribution >= 0.6 is 0 Å². The minimum absolute atomic E-state index is 0.0303. The molecule has 0 aliphatic rings. The van der Waals surface area contributed by atoms with E-state index in [2.05, 4.69) is 23.1 Å². The van der Waals surface area contributed by atoms with Crippen molar-refractivity contribution in [2.75, 3.05) is 20.1 Å². The summed E-state index contributed by atoms with van der Waals surface area (Å²) < 4.78 is 0. The molecule has 2 atom stereocenters. The van der Waals surface area contributed by atoms with Gasteiger partial charge >= 0.3 is 0 Å². The van der Waals surface area contributed by atoms with Gasteiger partial charge in [0.15, 0.2) is 0 Å². The Bertz CT molecular complexity index is 342. The first-order valence-electron chi connectivity index (χ1n) is 5.54. The van der Waals surface area contributed by atoms with Gasteiger partial charge in [0.1, 0.15) is 0 Å². The van der Waals surface area contributed by atoms with Crippen molar-refractivity contribution < 1.29 is 0 Å². The molecule has 0 heterocycles. The molecule has 0 bridgehead atoms. The van der Waals surface area contributed by atoms with Gasteiger partial charge in [-0.2, -0.15) is 5.26 Å². The number of nitrogens with two attached hydrogens (primary N) is 1. The third-order valence-corrected chi connectivity index (χ3v) is 2.72. The van der Waals surface area contributed by atoms with Gasteiger partial charge in [0.25, 0.3) is 0 Å². The molecule has 0 amide bonds. The van der Waals surface area contributed by atoms with Crippen LogP contribution in [0.4, 0.5) is 0 Å². The maximum absolute atomic E-state index is 8.80. The second-order valence-electron chi connectivity index (χ2n) is 4.13. The van der Waals surface area contributed by atoms with Crippen molar-refractivity contribution in [2.45, 2.75) is 13.0 Å². The quantitative estimate of drug-likeness (QED) is 0.818. The number of hydrogen-bond acceptors (Lipinski definition) is 3. The lowest BCUT2D eigenvalue weighted by Gasteiger charge is -2.28. The first-order chi connectivity index (χ1) is 7.69. The Hall–Kier alpha value is -1.37. The van der Waals surface area contributed by atoms with Crippen LogP contribution in [0.25, 0.3) is 0 Å². The Kier molecular flexibility index (Phi) is 4.97. The standard InChI is InChI=1S/C13H19N3/c1-11(8-14)10-16(2)13(9-15)12-6-4-3-5-7-12/h3-7,11,13H,9-10,15H2,1-2H3. The number of nitriles is 1. The third-order valence-electron chi connectivity index (χ3n) is 2.72. The number of likely N-dealkylation sites (N-methyl/N-ethyl adjacent to an activating group) is 1. The zero-order valence-corrected chi connectivity index (χ0v) is 9.93. The molecule has 0 fully saturated rings. The Morgan fingerprint density at radius 1 is 1.38 bits per heavy atom. The molecule has 16 heavy (non-hydrogen) atoms. The molecular weight excluding hydrogens is 198 g/mol. The van der Waals surface area contributed by atoms with E-state index in [9.17, 15) is 0 Å². The molecule has 1 aromatic carbocycles. The molecule has 0 aliphatic heterocycles. The summed E-state index contributed by atoms with van der Waals surface area (Å²) in [4.78, 5) is 2.14. The topological polar surface area (TPSA) is 53.0 Å². The summed E-state index contributed by atoms with van der Waals surface area (Å²) in [6.45, 7) is 3.24. The first-order valence-corrected chi connectivity index (χ1v) is 5.54. The van der Waals surface area contributed by atoms with Gasteiger partial charge in [0.2, 0.25) is 0 Å². The average molecular weight is 217 g/mol. The summed E-state index contributed by atoms with van der Waals surface area (Å²) in [7, 11) is 2.01. The van der Waals surface area contributed by atoms with E-state index in [1.165, 1.54) is 5.56 Å². The largest absolute Gasteiger partial charge is 0.329 e. The Morgan fingerprint density at radius 3 is 2.50 bits per heavy atom. The fourth-order valence-electron chi connectivity index (χ4n) is 1.85. The summed E-state index contributed by atoms with van der Waals surface area (Å²) in [6, 6.07) is 12.6. The van der Waals surface area contributed by atoms with E-state index in [0.717, 1.165) is 6.54 Å². The van der Waals surface area contributed by atoms with E-state index < -0.39 is 0 Å². The third kappa shape index (κ3) is 3.34. The van der Waals surface area contributed by atoms with Gasteiger partial charge < -0.3 is 5.73 Å². The predicted octanol–water partition coefficient (Wildman–Crippen LogP) is 1.78. The zero-order chi connectivity index (χ0) is 12.0. The van der Waals surface area contributed by atoms with Gasteiger partial charge in [-0.3, -0.25) is 4.90 Å². The molecule has 2 unspecified atom stereocenters. The molecule has 0 saturated carbocycles. The van der Waals surface area contributed by atoms with Gasteiger partial charge in [0.05, 0.1) is 12.0 Å². The monoisotopic (exact) mass is 217 g/mol. The Labute approximate surface area is 97.5 Å². The van der Waals surface area contributed by atoms with Gasteiger partial charge in [-0.15, -0.1) is 0 Å². The van der Waals surface area contributed by atoms with Crippen molar-refractivity contribution in [3.63, 3.8) is 0 Å². The summed E-state index contributed by atoms with van der Waals surface area (Å²) in [5.74, 6) is 0.0303. The highest BCUT2D eigenvalue weighted by Crippen LogP contribution is 2.18. The Balaban J connectivity index is 2.72. The molecule has 0 radical (unpaired) electrons. The molecule has 1 rings (SSSR count). The van der Waals surface area contributed by atoms with Crippen molar-refractivity contribution in [1.29, 1.82) is 5.26 Å². The molecule has 3 nitrogen and oxygen atoms in total. The molecule has 0 saturated heterocycles. The highest BCUT2D eigenvalue weighted by molar-refractivity contribution is 5.19. The minimum atomic E-state index is 0.0303. The normalized spacial score (nSPS) is 14.4. The summed E-state index contributed by atoms with van der Waals surface area (Å²) in [6.07, 6.45) is 0. The number of benzene rings is 1. The molecule has 86 valence electrons. The van der Waals surface area contributed by atoms with E-state index >= 15 is 0 Å². The van der Waals surface area contributed by atoms with E-state index in [-0.39, 0.29) is 12.0 Å². The number of hydrogen-bond donors (Lipinski definition) is 1. The van der Waals surface area contributed by atoms with Gasteiger partial charge in [-0.05, 0) is 19.5 Å². The van der Waals surface area contributed by atoms with Crippen LogP contribution in [-0.2, 0) is 0 Å². The molecule has 0 aromatic heterocycles. The summed E-state index contributed by atoms with van der Waals surface area (Å²) in [5, 5.41) is 8.80. The molecule has 3 heteroatoms. The lowest BCUT2D eigenvalue weighted by atomic mass is 10.0. The van der Waals surface area contributed by atoms with Crippen LogP contribution < -0.4 is 5.73 Å². The smallest absolute Gasteiger partial charge is 0.0666 e. The highest BCUT2D eigenvalue weighted by Gasteiger charge is 2.16. The van der Waals surface area contributed by atoms with Crippen molar-refractivity contribution in [3.8, 4) is 6.07 Å². The first kappa shape index (κ1) is 12.7. The van der Waals surface area contributed by atoms with Crippen molar-refractivity contribution >= 4 is 0 Å². The highest BCUT2D eigenvalue weighted by atomic mass is 15.1. The molecule has 1 aromatic rings. The maximum Gasteiger partial charge on any atom is 0.0666 e. The second-order valence-corrected chi connectivity index (χ2v) is 4.13. The van der Waals surface area contributed by atoms with Gasteiger partial charge in [-0.1, -0.05) is 30.3 Å². The van der Waals surface area contributed by atoms with Crippen LogP contribution in [0, 0.1) is 17.2 Å². The van der Waals surface area contributed by atoms with E-state index in [0.29, 0.717) is 6.54 Å². The van der Waals surface area contributed by atoms with Crippen LogP contribution in [-0.4, -0.2) is 25.0 Å². The molecule has 0 aliphatic carbocycles. The lowest BCUT2D eigenvalue weighted by Crippen LogP contribution is -2.33. The van der Waals surface area contributed by atoms with Gasteiger partial charge in [-0.25, -0.2) is 0 Å². The average Bonchev–Trinajstić information content (AvgIpc) is 2.31. The maximum atomic E-state index is 8.80. The second kappa shape index (κ2) is 6.26. The number of nitrogens with zero attached hydrogens (tertiary/aromatic N) is 2. The summed E-state index contributed by atoms with van der Waals surface area (Å²) in [5.41, 5.74) is 7.00. The van der Waals surface area contributed by atoms with E-state index in [4.69, 9.17) is 11.0 Å². The van der Waals surface area contributed by atoms with Crippen LogP contribution in [0.2, 0.25) is 0 Å².